The van der Waals surface area contributed by atoms with Gasteiger partial charge in [-0.15, -0.1) is 0 Å². The molecule has 1 heterocycles. The van der Waals surface area contributed by atoms with Crippen molar-refractivity contribution in [3.8, 4) is 0 Å². The van der Waals surface area contributed by atoms with Crippen LogP contribution >= 0.6 is 12.2 Å². The van der Waals surface area contributed by atoms with Gasteiger partial charge in [0.2, 0.25) is 0 Å². The first-order valence-corrected chi connectivity index (χ1v) is 7.85. The number of aryl methyl sites for hydroxylation is 1. The maximum atomic E-state index is 7.64. The van der Waals surface area contributed by atoms with Crippen molar-refractivity contribution < 1.29 is 0 Å². The zero-order valence-electron chi connectivity index (χ0n) is 12.6. The summed E-state index contributed by atoms with van der Waals surface area (Å²) in [6.07, 6.45) is 6.93. The van der Waals surface area contributed by atoms with Gasteiger partial charge in [-0.05, 0) is 43.6 Å². The van der Waals surface area contributed by atoms with Crippen LogP contribution in [0.5, 0.6) is 0 Å². The van der Waals surface area contributed by atoms with Crippen LogP contribution in [0.15, 0.2) is 24.4 Å². The van der Waals surface area contributed by atoms with Gasteiger partial charge in [0, 0.05) is 25.0 Å². The molecule has 0 bridgehead atoms. The summed E-state index contributed by atoms with van der Waals surface area (Å²) in [5.41, 5.74) is 6.66. The predicted molar refractivity (Wildman–Crippen MR) is 91.3 cm³/mol. The molecule has 6 heteroatoms. The van der Waals surface area contributed by atoms with Gasteiger partial charge in [0.05, 0.1) is 0 Å². The maximum absolute atomic E-state index is 7.64. The highest BCUT2D eigenvalue weighted by molar-refractivity contribution is 7.80. The zero-order valence-corrected chi connectivity index (χ0v) is 13.5. The smallest absolute Gasteiger partial charge is 0.194 e. The first-order valence-electron chi connectivity index (χ1n) is 7.44. The summed E-state index contributed by atoms with van der Waals surface area (Å²) < 4.78 is 0. The van der Waals surface area contributed by atoms with Crippen LogP contribution in [-0.2, 0) is 6.42 Å². The van der Waals surface area contributed by atoms with E-state index in [0.29, 0.717) is 11.7 Å². The minimum absolute atomic E-state index is 0.0102. The minimum atomic E-state index is -0.0102. The quantitative estimate of drug-likeness (QED) is 0.297. The Morgan fingerprint density at radius 2 is 2.19 bits per heavy atom. The number of nitrogens with one attached hydrogen (secondary N) is 2. The molecular weight excluding hydrogens is 282 g/mol. The van der Waals surface area contributed by atoms with Crippen molar-refractivity contribution in [3.63, 3.8) is 0 Å². The minimum Gasteiger partial charge on any atom is -0.370 e. The van der Waals surface area contributed by atoms with E-state index in [1.54, 1.807) is 11.1 Å². The molecule has 0 saturated heterocycles. The number of aromatic nitrogens is 1. The van der Waals surface area contributed by atoms with Crippen molar-refractivity contribution in [2.45, 2.75) is 39.0 Å². The van der Waals surface area contributed by atoms with Gasteiger partial charge in [0.25, 0.3) is 0 Å². The Morgan fingerprint density at radius 3 is 2.81 bits per heavy atom. The van der Waals surface area contributed by atoms with Crippen molar-refractivity contribution in [1.82, 2.24) is 15.2 Å². The molecule has 116 valence electrons. The average molecular weight is 307 g/mol. The standard InChI is InChI=1S/C15H25N5S/c1-2-3-5-11-19-15(21)20(14(16)17)12-7-9-13-8-4-6-10-18-13/h4,6,8,10H,2-3,5,7,9,11-12H2,1H3,(H3,16,17)(H,19,21). The van der Waals surface area contributed by atoms with Crippen LogP contribution in [-0.4, -0.2) is 34.0 Å². The molecule has 0 amide bonds. The van der Waals surface area contributed by atoms with Crippen LogP contribution in [0.2, 0.25) is 0 Å². The summed E-state index contributed by atoms with van der Waals surface area (Å²) in [4.78, 5) is 5.93. The van der Waals surface area contributed by atoms with Crippen molar-refractivity contribution in [2.24, 2.45) is 5.73 Å². The predicted octanol–water partition coefficient (Wildman–Crippen LogP) is 2.27. The molecule has 0 aliphatic heterocycles. The number of pyridine rings is 1. The lowest BCUT2D eigenvalue weighted by Gasteiger charge is -2.23. The van der Waals surface area contributed by atoms with E-state index in [1.165, 1.54) is 12.8 Å². The van der Waals surface area contributed by atoms with Gasteiger partial charge in [-0.1, -0.05) is 25.8 Å². The fourth-order valence-corrected chi connectivity index (χ4v) is 2.25. The van der Waals surface area contributed by atoms with E-state index in [1.807, 2.05) is 18.2 Å². The molecule has 0 fully saturated rings. The molecule has 0 aromatic carbocycles. The van der Waals surface area contributed by atoms with Gasteiger partial charge in [-0.3, -0.25) is 15.3 Å². The molecule has 0 unspecified atom stereocenters. The van der Waals surface area contributed by atoms with Crippen LogP contribution in [0, 0.1) is 5.41 Å². The van der Waals surface area contributed by atoms with Crippen molar-refractivity contribution in [1.29, 1.82) is 5.41 Å². The Hall–Kier alpha value is -1.69. The van der Waals surface area contributed by atoms with Crippen LogP contribution in [0.4, 0.5) is 0 Å². The number of guanidine groups is 1. The van der Waals surface area contributed by atoms with E-state index >= 15 is 0 Å². The fourth-order valence-electron chi connectivity index (χ4n) is 1.96. The van der Waals surface area contributed by atoms with Crippen molar-refractivity contribution in [2.75, 3.05) is 13.1 Å². The van der Waals surface area contributed by atoms with Gasteiger partial charge in [0.1, 0.15) is 0 Å². The lowest BCUT2D eigenvalue weighted by molar-refractivity contribution is 0.546. The number of unbranched alkanes of at least 4 members (excludes halogenated alkanes) is 2. The molecule has 5 nitrogen and oxygen atoms in total. The second-order valence-corrected chi connectivity index (χ2v) is 5.29. The topological polar surface area (TPSA) is 78.0 Å². The van der Waals surface area contributed by atoms with Gasteiger partial charge < -0.3 is 11.1 Å². The van der Waals surface area contributed by atoms with E-state index in [-0.39, 0.29) is 5.96 Å². The van der Waals surface area contributed by atoms with Crippen LogP contribution in [0.1, 0.15) is 38.3 Å². The van der Waals surface area contributed by atoms with E-state index in [2.05, 4.69) is 17.2 Å². The summed E-state index contributed by atoms with van der Waals surface area (Å²) in [5.74, 6) is -0.0102. The third kappa shape index (κ3) is 7.04. The molecule has 1 aromatic heterocycles. The molecule has 0 spiro atoms. The van der Waals surface area contributed by atoms with Gasteiger partial charge in [-0.25, -0.2) is 0 Å². The van der Waals surface area contributed by atoms with E-state index in [0.717, 1.165) is 31.5 Å². The monoisotopic (exact) mass is 307 g/mol. The highest BCUT2D eigenvalue weighted by Gasteiger charge is 2.11. The lowest BCUT2D eigenvalue weighted by atomic mass is 10.2. The van der Waals surface area contributed by atoms with Gasteiger partial charge in [-0.2, -0.15) is 0 Å². The van der Waals surface area contributed by atoms with Crippen LogP contribution in [0.25, 0.3) is 0 Å². The normalized spacial score (nSPS) is 10.1. The number of hydrogen-bond donors (Lipinski definition) is 3. The Bertz CT molecular complexity index is 435. The molecule has 1 aromatic rings. The molecule has 4 N–H and O–H groups in total. The van der Waals surface area contributed by atoms with Crippen LogP contribution < -0.4 is 11.1 Å². The van der Waals surface area contributed by atoms with Crippen LogP contribution in [0.3, 0.4) is 0 Å². The Balaban J connectivity index is 2.35. The zero-order chi connectivity index (χ0) is 15.5. The van der Waals surface area contributed by atoms with E-state index in [9.17, 15) is 0 Å². The second-order valence-electron chi connectivity index (χ2n) is 4.90. The highest BCUT2D eigenvalue weighted by Crippen LogP contribution is 2.01. The molecule has 0 radical (unpaired) electrons. The van der Waals surface area contributed by atoms with Crippen molar-refractivity contribution >= 4 is 23.3 Å². The summed E-state index contributed by atoms with van der Waals surface area (Å²) in [6, 6.07) is 5.88. The Kier molecular flexibility index (Phi) is 8.35. The van der Waals surface area contributed by atoms with E-state index in [4.69, 9.17) is 23.4 Å². The van der Waals surface area contributed by atoms with Gasteiger partial charge in [0.15, 0.2) is 11.1 Å². The fraction of sp³-hybridized carbons (Fsp3) is 0.533. The number of hydrogen-bond acceptors (Lipinski definition) is 3. The lowest BCUT2D eigenvalue weighted by Crippen LogP contribution is -2.47. The Labute approximate surface area is 132 Å². The summed E-state index contributed by atoms with van der Waals surface area (Å²) in [6.45, 7) is 3.63. The summed E-state index contributed by atoms with van der Waals surface area (Å²) in [7, 11) is 0. The molecule has 0 aliphatic rings. The first-order chi connectivity index (χ1) is 10.1. The first kappa shape index (κ1) is 17.4. The third-order valence-corrected chi connectivity index (χ3v) is 3.50. The maximum Gasteiger partial charge on any atom is 0.194 e. The van der Waals surface area contributed by atoms with E-state index < -0.39 is 0 Å². The second kappa shape index (κ2) is 10.1. The Morgan fingerprint density at radius 1 is 1.38 bits per heavy atom. The number of nitrogens with two attached hydrogens (primary N) is 1. The average Bonchev–Trinajstić information content (AvgIpc) is 2.48. The SMILES string of the molecule is CCCCCNC(=S)N(CCCc1ccccn1)C(=N)N. The highest BCUT2D eigenvalue weighted by atomic mass is 32.1. The molecule has 0 aliphatic carbocycles. The molecule has 0 atom stereocenters. The molecular formula is C15H25N5S. The van der Waals surface area contributed by atoms with Crippen molar-refractivity contribution in [3.05, 3.63) is 30.1 Å². The van der Waals surface area contributed by atoms with Gasteiger partial charge >= 0.3 is 0 Å². The number of rotatable bonds is 8. The summed E-state index contributed by atoms with van der Waals surface area (Å²) in [5, 5.41) is 11.4. The molecule has 21 heavy (non-hydrogen) atoms. The molecule has 1 rings (SSSR count). The largest absolute Gasteiger partial charge is 0.370 e. The number of nitrogens with zero attached hydrogens (tertiary/aromatic N) is 2. The third-order valence-electron chi connectivity index (χ3n) is 3.13. The molecule has 0 saturated carbocycles. The number of thiocarbonyl (C=S) groups is 1. The summed E-state index contributed by atoms with van der Waals surface area (Å²) >= 11 is 5.31.